The first-order valence-corrected chi connectivity index (χ1v) is 8.03. The van der Waals surface area contributed by atoms with Crippen molar-refractivity contribution in [1.29, 1.82) is 0 Å². The normalized spacial score (nSPS) is 10.7. The van der Waals surface area contributed by atoms with Gasteiger partial charge in [-0.05, 0) is 30.4 Å². The monoisotopic (exact) mass is 299 g/mol. The van der Waals surface area contributed by atoms with E-state index < -0.39 is 0 Å². The fourth-order valence-corrected chi connectivity index (χ4v) is 2.39. The van der Waals surface area contributed by atoms with Gasteiger partial charge >= 0.3 is 0 Å². The quantitative estimate of drug-likeness (QED) is 0.850. The maximum absolute atomic E-state index is 12.1. The highest BCUT2D eigenvalue weighted by Crippen LogP contribution is 2.12. The van der Waals surface area contributed by atoms with Crippen LogP contribution in [0.2, 0.25) is 0 Å². The van der Waals surface area contributed by atoms with Crippen molar-refractivity contribution in [3.8, 4) is 0 Å². The van der Waals surface area contributed by atoms with Crippen LogP contribution in [0.5, 0.6) is 0 Å². The maximum atomic E-state index is 12.1. The third-order valence-electron chi connectivity index (χ3n) is 3.77. The minimum absolute atomic E-state index is 0.00744. The average molecular weight is 299 g/mol. The van der Waals surface area contributed by atoms with Gasteiger partial charge in [0.1, 0.15) is 5.82 Å². The summed E-state index contributed by atoms with van der Waals surface area (Å²) in [7, 11) is 1.84. The van der Waals surface area contributed by atoms with Gasteiger partial charge in [0.05, 0.1) is 12.1 Å². The van der Waals surface area contributed by atoms with Crippen LogP contribution in [0.1, 0.15) is 43.5 Å². The number of benzene rings is 1. The molecule has 4 nitrogen and oxygen atoms in total. The van der Waals surface area contributed by atoms with E-state index in [1.54, 1.807) is 4.68 Å². The number of aromatic nitrogens is 2. The topological polar surface area (TPSA) is 46.9 Å². The lowest BCUT2D eigenvalue weighted by Gasteiger charge is -2.06. The lowest BCUT2D eigenvalue weighted by molar-refractivity contribution is -0.115. The molecule has 0 saturated heterocycles. The number of hydrogen-bond acceptors (Lipinski definition) is 2. The first-order chi connectivity index (χ1) is 10.6. The van der Waals surface area contributed by atoms with Crippen LogP contribution in [0.25, 0.3) is 0 Å². The van der Waals surface area contributed by atoms with E-state index in [0.717, 1.165) is 29.9 Å². The number of aryl methyl sites for hydroxylation is 3. The second-order valence-corrected chi connectivity index (χ2v) is 5.64. The number of carbonyl (C=O) groups is 1. The molecular weight excluding hydrogens is 274 g/mol. The zero-order valence-corrected chi connectivity index (χ0v) is 13.7. The standard InChI is InChI=1S/C18H25N3O/c1-4-6-7-14-8-10-15(11-9-14)12-18(22)19-17-13-16(5-2)20-21(17)3/h8-11,13H,4-7,12H2,1-3H3,(H,19,22). The Bertz CT molecular complexity index is 614. The Labute approximate surface area is 132 Å². The summed E-state index contributed by atoms with van der Waals surface area (Å²) >= 11 is 0. The predicted molar refractivity (Wildman–Crippen MR) is 90.0 cm³/mol. The molecule has 0 atom stereocenters. The van der Waals surface area contributed by atoms with E-state index in [4.69, 9.17) is 0 Å². The molecule has 1 aromatic carbocycles. The number of hydrogen-bond donors (Lipinski definition) is 1. The number of rotatable bonds is 7. The highest BCUT2D eigenvalue weighted by Gasteiger charge is 2.08. The number of anilines is 1. The minimum Gasteiger partial charge on any atom is -0.311 e. The van der Waals surface area contributed by atoms with Crippen LogP contribution in [-0.2, 0) is 31.1 Å². The summed E-state index contributed by atoms with van der Waals surface area (Å²) in [5.74, 6) is 0.744. The van der Waals surface area contributed by atoms with Gasteiger partial charge in [0.25, 0.3) is 0 Å². The van der Waals surface area contributed by atoms with Gasteiger partial charge in [0, 0.05) is 13.1 Å². The summed E-state index contributed by atoms with van der Waals surface area (Å²) in [4.78, 5) is 12.1. The van der Waals surface area contributed by atoms with Crippen LogP contribution in [0.4, 0.5) is 5.82 Å². The Kier molecular flexibility index (Phi) is 5.75. The van der Waals surface area contributed by atoms with E-state index in [9.17, 15) is 4.79 Å². The zero-order chi connectivity index (χ0) is 15.9. The van der Waals surface area contributed by atoms with Gasteiger partial charge in [-0.3, -0.25) is 9.48 Å². The van der Waals surface area contributed by atoms with Gasteiger partial charge in [0.2, 0.25) is 5.91 Å². The molecule has 0 aliphatic carbocycles. The van der Waals surface area contributed by atoms with Crippen molar-refractivity contribution in [3.63, 3.8) is 0 Å². The molecule has 1 amide bonds. The highest BCUT2D eigenvalue weighted by atomic mass is 16.1. The van der Waals surface area contributed by atoms with Crippen LogP contribution < -0.4 is 5.32 Å². The molecule has 0 spiro atoms. The maximum Gasteiger partial charge on any atom is 0.229 e. The molecule has 0 aliphatic heterocycles. The lowest BCUT2D eigenvalue weighted by atomic mass is 10.0. The van der Waals surface area contributed by atoms with Crippen molar-refractivity contribution >= 4 is 11.7 Å². The number of unbranched alkanes of at least 4 members (excludes halogenated alkanes) is 1. The summed E-state index contributed by atoms with van der Waals surface area (Å²) in [6.07, 6.45) is 4.77. The number of nitrogens with one attached hydrogen (secondary N) is 1. The molecule has 0 radical (unpaired) electrons. The van der Waals surface area contributed by atoms with Gasteiger partial charge < -0.3 is 5.32 Å². The predicted octanol–water partition coefficient (Wildman–Crippen LogP) is 3.51. The summed E-state index contributed by atoms with van der Waals surface area (Å²) in [6.45, 7) is 4.25. The summed E-state index contributed by atoms with van der Waals surface area (Å²) < 4.78 is 1.71. The van der Waals surface area contributed by atoms with Crippen molar-refractivity contribution in [2.45, 2.75) is 46.0 Å². The molecule has 1 heterocycles. The molecule has 0 bridgehead atoms. The van der Waals surface area contributed by atoms with Gasteiger partial charge in [-0.2, -0.15) is 5.10 Å². The zero-order valence-electron chi connectivity index (χ0n) is 13.7. The fourth-order valence-electron chi connectivity index (χ4n) is 2.39. The first kappa shape index (κ1) is 16.3. The van der Waals surface area contributed by atoms with E-state index in [1.165, 1.54) is 18.4 Å². The van der Waals surface area contributed by atoms with Crippen LogP contribution in [-0.4, -0.2) is 15.7 Å². The van der Waals surface area contributed by atoms with Crippen LogP contribution >= 0.6 is 0 Å². The highest BCUT2D eigenvalue weighted by molar-refractivity contribution is 5.91. The van der Waals surface area contributed by atoms with E-state index in [-0.39, 0.29) is 5.91 Å². The van der Waals surface area contributed by atoms with Crippen LogP contribution in [0.3, 0.4) is 0 Å². The minimum atomic E-state index is -0.00744. The van der Waals surface area contributed by atoms with Crippen LogP contribution in [0.15, 0.2) is 30.3 Å². The SMILES string of the molecule is CCCCc1ccc(CC(=O)Nc2cc(CC)nn2C)cc1. The summed E-state index contributed by atoms with van der Waals surface area (Å²) in [5.41, 5.74) is 3.36. The summed E-state index contributed by atoms with van der Waals surface area (Å²) in [6, 6.07) is 10.3. The van der Waals surface area contributed by atoms with Gasteiger partial charge in [0.15, 0.2) is 0 Å². The third kappa shape index (κ3) is 4.45. The Morgan fingerprint density at radius 1 is 1.18 bits per heavy atom. The van der Waals surface area contributed by atoms with E-state index in [1.807, 2.05) is 32.2 Å². The smallest absolute Gasteiger partial charge is 0.229 e. The molecule has 1 N–H and O–H groups in total. The molecule has 22 heavy (non-hydrogen) atoms. The molecule has 4 heteroatoms. The number of nitrogens with zero attached hydrogens (tertiary/aromatic N) is 2. The van der Waals surface area contributed by atoms with Crippen LogP contribution in [0, 0.1) is 0 Å². The molecule has 0 aliphatic rings. The number of amides is 1. The molecule has 2 aromatic rings. The Balaban J connectivity index is 1.92. The fraction of sp³-hybridized carbons (Fsp3) is 0.444. The third-order valence-corrected chi connectivity index (χ3v) is 3.77. The molecule has 0 saturated carbocycles. The van der Waals surface area contributed by atoms with Gasteiger partial charge in [-0.1, -0.05) is 44.5 Å². The molecule has 0 unspecified atom stereocenters. The molecule has 118 valence electrons. The summed E-state index contributed by atoms with van der Waals surface area (Å²) in [5, 5.41) is 7.26. The molecule has 1 aromatic heterocycles. The lowest BCUT2D eigenvalue weighted by Crippen LogP contribution is -2.16. The van der Waals surface area contributed by atoms with Crippen molar-refractivity contribution in [3.05, 3.63) is 47.2 Å². The molecule has 2 rings (SSSR count). The molecule has 0 fully saturated rings. The van der Waals surface area contributed by atoms with Gasteiger partial charge in [-0.25, -0.2) is 0 Å². The van der Waals surface area contributed by atoms with Crippen molar-refractivity contribution < 1.29 is 4.79 Å². The van der Waals surface area contributed by atoms with E-state index in [2.05, 4.69) is 29.5 Å². The Morgan fingerprint density at radius 2 is 1.86 bits per heavy atom. The average Bonchev–Trinajstić information content (AvgIpc) is 2.86. The second kappa shape index (κ2) is 7.78. The number of carbonyl (C=O) groups excluding carboxylic acids is 1. The van der Waals surface area contributed by atoms with Crippen molar-refractivity contribution in [2.75, 3.05) is 5.32 Å². The second-order valence-electron chi connectivity index (χ2n) is 5.64. The molecular formula is C18H25N3O. The largest absolute Gasteiger partial charge is 0.311 e. The van der Waals surface area contributed by atoms with E-state index in [0.29, 0.717) is 6.42 Å². The van der Waals surface area contributed by atoms with E-state index >= 15 is 0 Å². The first-order valence-electron chi connectivity index (χ1n) is 8.03. The Morgan fingerprint density at radius 3 is 2.45 bits per heavy atom. The Hall–Kier alpha value is -2.10. The van der Waals surface area contributed by atoms with Gasteiger partial charge in [-0.15, -0.1) is 0 Å². The van der Waals surface area contributed by atoms with Crippen molar-refractivity contribution in [1.82, 2.24) is 9.78 Å². The van der Waals surface area contributed by atoms with Crippen molar-refractivity contribution in [2.24, 2.45) is 7.05 Å².